The minimum absolute atomic E-state index is 0.627. The molecule has 14 atom stereocenters. The Kier molecular flexibility index (Phi) is 9.06. The van der Waals surface area contributed by atoms with Crippen LogP contribution in [-0.2, 0) is 28.5 Å². The highest BCUT2D eigenvalue weighted by Gasteiger charge is 2.78. The molecule has 3 aliphatic rings. The molecule has 36 heavy (non-hydrogen) atoms. The number of carbonyl (C=O) groups is 1. The second kappa shape index (κ2) is 11.0. The molecule has 0 radical (unpaired) electrons. The maximum Gasteiger partial charge on any atom is 0.287 e. The molecule has 3 saturated heterocycles. The summed E-state index contributed by atoms with van der Waals surface area (Å²) in [7, 11) is 0. The molecule has 0 bridgehead atoms. The molecule has 0 aliphatic carbocycles. The molecule has 210 valence electrons. The molecule has 3 heterocycles. The highest BCUT2D eigenvalue weighted by molar-refractivity contribution is 5.87. The van der Waals surface area contributed by atoms with Gasteiger partial charge in [-0.05, 0) is 0 Å². The molecule has 0 saturated carbocycles. The van der Waals surface area contributed by atoms with Crippen molar-refractivity contribution in [1.29, 1.82) is 0 Å². The summed E-state index contributed by atoms with van der Waals surface area (Å²) >= 11 is 0. The van der Waals surface area contributed by atoms with Gasteiger partial charge in [0, 0.05) is 6.92 Å². The number of epoxide rings is 1. The zero-order valence-electron chi connectivity index (χ0n) is 18.9. The van der Waals surface area contributed by atoms with Crippen molar-refractivity contribution < 1.29 is 84.7 Å². The van der Waals surface area contributed by atoms with E-state index >= 15 is 0 Å². The van der Waals surface area contributed by atoms with Crippen molar-refractivity contribution in [2.75, 3.05) is 19.8 Å². The number of ketones is 1. The minimum atomic E-state index is -2.81. The van der Waals surface area contributed by atoms with Crippen molar-refractivity contribution in [1.82, 2.24) is 0 Å². The molecule has 0 spiro atoms. The van der Waals surface area contributed by atoms with Crippen molar-refractivity contribution in [3.05, 3.63) is 0 Å². The predicted molar refractivity (Wildman–Crippen MR) is 106 cm³/mol. The first-order chi connectivity index (χ1) is 16.7. The fourth-order valence-corrected chi connectivity index (χ4v) is 3.92. The molecule has 17 heteroatoms. The van der Waals surface area contributed by atoms with E-state index in [9.17, 15) is 61.0 Å². The van der Waals surface area contributed by atoms with Gasteiger partial charge in [0.15, 0.2) is 18.4 Å². The average Bonchev–Trinajstić information content (AvgIpc) is 3.43. The molecule has 0 aromatic rings. The number of aliphatic hydroxyl groups excluding tert-OH is 9. The van der Waals surface area contributed by atoms with Crippen molar-refractivity contribution in [2.24, 2.45) is 0 Å². The second-order valence-corrected chi connectivity index (χ2v) is 8.89. The molecule has 0 unspecified atom stereocenters. The van der Waals surface area contributed by atoms with Crippen molar-refractivity contribution in [3.8, 4) is 0 Å². The van der Waals surface area contributed by atoms with Gasteiger partial charge in [0.05, 0.1) is 19.8 Å². The first-order valence-electron chi connectivity index (χ1n) is 10.9. The Morgan fingerprint density at radius 2 is 1.33 bits per heavy atom. The van der Waals surface area contributed by atoms with E-state index < -0.39 is 111 Å². The molecule has 3 rings (SSSR count). The third-order valence-corrected chi connectivity index (χ3v) is 6.36. The van der Waals surface area contributed by atoms with Crippen LogP contribution in [0.1, 0.15) is 6.92 Å². The zero-order valence-corrected chi connectivity index (χ0v) is 18.9. The Morgan fingerprint density at radius 1 is 0.833 bits per heavy atom. The third-order valence-electron chi connectivity index (χ3n) is 6.36. The van der Waals surface area contributed by atoms with E-state index in [1.165, 1.54) is 0 Å². The number of aliphatic hydroxyl groups is 11. The van der Waals surface area contributed by atoms with Gasteiger partial charge in [-0.3, -0.25) is 9.53 Å². The fraction of sp³-hybridized carbons (Fsp3) is 0.947. The van der Waals surface area contributed by atoms with Crippen LogP contribution < -0.4 is 0 Å². The molecule has 0 amide bonds. The number of ether oxygens (including phenoxy) is 5. The third kappa shape index (κ3) is 5.29. The summed E-state index contributed by atoms with van der Waals surface area (Å²) < 4.78 is 25.3. The van der Waals surface area contributed by atoms with E-state index in [-0.39, 0.29) is 0 Å². The van der Waals surface area contributed by atoms with Crippen molar-refractivity contribution in [3.63, 3.8) is 0 Å². The lowest BCUT2D eigenvalue weighted by atomic mass is 9.98. The molecular weight excluding hydrogens is 500 g/mol. The van der Waals surface area contributed by atoms with Gasteiger partial charge in [0.1, 0.15) is 61.0 Å². The topological polar surface area (TPSA) is 289 Å². The van der Waals surface area contributed by atoms with Crippen LogP contribution in [0.5, 0.6) is 0 Å². The molecule has 3 aliphatic heterocycles. The average molecular weight is 532 g/mol. The van der Waals surface area contributed by atoms with Gasteiger partial charge >= 0.3 is 0 Å². The van der Waals surface area contributed by atoms with E-state index in [1.807, 2.05) is 0 Å². The number of hydrogen-bond acceptors (Lipinski definition) is 17. The number of rotatable bonds is 10. The van der Waals surface area contributed by atoms with E-state index in [1.54, 1.807) is 0 Å². The largest absolute Gasteiger partial charge is 0.394 e. The Bertz CT molecular complexity index is 768. The van der Waals surface area contributed by atoms with Crippen molar-refractivity contribution >= 4 is 5.78 Å². The first-order valence-corrected chi connectivity index (χ1v) is 10.9. The highest BCUT2D eigenvalue weighted by atomic mass is 16.8. The fourth-order valence-electron chi connectivity index (χ4n) is 3.92. The lowest BCUT2D eigenvalue weighted by molar-refractivity contribution is -0.333. The Balaban J connectivity index is 1.57. The molecular formula is C19H32O17. The molecule has 17 nitrogen and oxygen atoms in total. The van der Waals surface area contributed by atoms with Gasteiger partial charge < -0.3 is 75.1 Å². The summed E-state index contributed by atoms with van der Waals surface area (Å²) in [5.41, 5.74) is 0. The van der Waals surface area contributed by atoms with Gasteiger partial charge in [-0.2, -0.15) is 0 Å². The van der Waals surface area contributed by atoms with Crippen LogP contribution in [0.2, 0.25) is 0 Å². The second-order valence-electron chi connectivity index (χ2n) is 8.89. The lowest BCUT2D eigenvalue weighted by Gasteiger charge is -2.42. The molecule has 0 aromatic carbocycles. The highest BCUT2D eigenvalue weighted by Crippen LogP contribution is 2.47. The smallest absolute Gasteiger partial charge is 0.287 e. The van der Waals surface area contributed by atoms with Crippen LogP contribution >= 0.6 is 0 Å². The first kappa shape index (κ1) is 29.6. The van der Waals surface area contributed by atoms with Crippen LogP contribution in [0, 0.1) is 0 Å². The van der Waals surface area contributed by atoms with Gasteiger partial charge in [0.2, 0.25) is 0 Å². The van der Waals surface area contributed by atoms with Crippen LogP contribution in [0.3, 0.4) is 0 Å². The van der Waals surface area contributed by atoms with Gasteiger partial charge in [-0.15, -0.1) is 0 Å². The summed E-state index contributed by atoms with van der Waals surface area (Å²) in [4.78, 5) is 11.3. The summed E-state index contributed by atoms with van der Waals surface area (Å²) in [5, 5.41) is 109. The Morgan fingerprint density at radius 3 is 1.83 bits per heavy atom. The maximum absolute atomic E-state index is 11.3. The van der Waals surface area contributed by atoms with Crippen LogP contribution in [0.15, 0.2) is 0 Å². The van der Waals surface area contributed by atoms with Crippen LogP contribution in [0.25, 0.3) is 0 Å². The molecule has 11 N–H and O–H groups in total. The van der Waals surface area contributed by atoms with Crippen LogP contribution in [-0.4, -0.2) is 167 Å². The quantitative estimate of drug-likeness (QED) is 0.116. The molecule has 3 fully saturated rings. The van der Waals surface area contributed by atoms with E-state index in [0.29, 0.717) is 0 Å². The zero-order chi connectivity index (χ0) is 27.2. The monoisotopic (exact) mass is 532 g/mol. The Labute approximate surface area is 203 Å². The summed E-state index contributed by atoms with van der Waals surface area (Å²) in [6, 6.07) is 0. The number of Topliss-reactive ketones (excluding diaryl/α,β-unsaturated/α-hetero) is 1. The summed E-state index contributed by atoms with van der Waals surface area (Å²) in [5.74, 6) is -6.59. The maximum atomic E-state index is 11.3. The van der Waals surface area contributed by atoms with Gasteiger partial charge in [-0.25, -0.2) is 0 Å². The lowest BCUT2D eigenvalue weighted by Crippen LogP contribution is -2.62. The molecule has 0 aromatic heterocycles. The summed E-state index contributed by atoms with van der Waals surface area (Å²) in [6.45, 7) is -1.35. The number of carbonyl (C=O) groups excluding carboxylic acids is 1. The standard InChI is InChI=1S/C19H32O17/c1-5(21)18(30)19(31,36-18)15(29)6(22)3-32-16-14(28)12(26)10(24)8(35-16)4-33-17-13(27)11(25)9(23)7(2-20)34-17/h6-17,20,22-31H,2-4H2,1H3/t6-,7-,8-,9-,10-,11+,12+,13-,14-,15-,16+,17+,18-,19+/m1/s1. The van der Waals surface area contributed by atoms with E-state index in [2.05, 4.69) is 4.74 Å². The van der Waals surface area contributed by atoms with Gasteiger partial charge in [-0.1, -0.05) is 0 Å². The Hall–Kier alpha value is -0.970. The van der Waals surface area contributed by atoms with Gasteiger partial charge in [0.25, 0.3) is 11.6 Å². The normalized spacial score (nSPS) is 48.9. The van der Waals surface area contributed by atoms with Crippen LogP contribution in [0.4, 0.5) is 0 Å². The number of hydrogen-bond donors (Lipinski definition) is 11. The predicted octanol–water partition coefficient (Wildman–Crippen LogP) is -7.65. The SMILES string of the molecule is CC(=O)[C@@]1(O)O[C@@]1(O)[C@H](O)[C@H](O)CO[C@H]1O[C@H](CO[C@H]2O[C@H](CO)[C@@H](O)[C@H](O)[C@H]2O)[C@@H](O)[C@H](O)[C@H]1O. The van der Waals surface area contributed by atoms with Crippen molar-refractivity contribution in [2.45, 2.75) is 92.1 Å². The summed E-state index contributed by atoms with van der Waals surface area (Å²) in [6.07, 6.45) is -20.9. The minimum Gasteiger partial charge on any atom is -0.394 e. The van der Waals surface area contributed by atoms with E-state index in [4.69, 9.17) is 18.9 Å². The van der Waals surface area contributed by atoms with E-state index in [0.717, 1.165) is 6.92 Å².